The summed E-state index contributed by atoms with van der Waals surface area (Å²) < 4.78 is 136. The largest absolute Gasteiger partial charge is 0.425 e. The van der Waals surface area contributed by atoms with E-state index in [0.29, 0.717) is 0 Å². The van der Waals surface area contributed by atoms with Crippen LogP contribution in [0.4, 0.5) is 52.7 Å². The molecule has 0 unspecified atom stereocenters. The summed E-state index contributed by atoms with van der Waals surface area (Å²) in [5.41, 5.74) is -0.250. The van der Waals surface area contributed by atoms with Gasteiger partial charge in [-0.15, -0.1) is 0 Å². The lowest BCUT2D eigenvalue weighted by Gasteiger charge is -2.28. The molecular weight excluding hydrogens is 576 g/mol. The molecule has 0 saturated heterocycles. The van der Waals surface area contributed by atoms with E-state index in [1.807, 2.05) is 0 Å². The van der Waals surface area contributed by atoms with Crippen LogP contribution in [0.25, 0.3) is 21.5 Å². The standard InChI is InChI=1S/C14H10.2C4H4F6O.2CH5N/c1-2-6-12-10-14-8-4-3-7-13(14)9-11(12)5-1;2*1-2(11,3(5,6)7)4(8,9)10;2*1-2/h1-10H;2*11H,1H3;2*2H2,1H3. The fourth-order valence-electron chi connectivity index (χ4n) is 2.20. The van der Waals surface area contributed by atoms with Gasteiger partial charge in [0.2, 0.25) is 0 Å². The predicted octanol–water partition coefficient (Wildman–Crippen LogP) is 6.87. The normalized spacial score (nSPS) is 12.5. The molecule has 0 aromatic heterocycles. The van der Waals surface area contributed by atoms with Crippen LogP contribution in [0.3, 0.4) is 0 Å². The van der Waals surface area contributed by atoms with Gasteiger partial charge in [0.1, 0.15) is 0 Å². The molecule has 230 valence electrons. The van der Waals surface area contributed by atoms with Crippen LogP contribution >= 0.6 is 0 Å². The van der Waals surface area contributed by atoms with Gasteiger partial charge in [0.15, 0.2) is 0 Å². The summed E-state index contributed by atoms with van der Waals surface area (Å²) in [5.74, 6) is 0. The highest BCUT2D eigenvalue weighted by Crippen LogP contribution is 2.43. The Kier molecular flexibility index (Phi) is 14.5. The van der Waals surface area contributed by atoms with Crippen LogP contribution in [0, 0.1) is 0 Å². The highest BCUT2D eigenvalue weighted by atomic mass is 19.4. The van der Waals surface area contributed by atoms with E-state index in [2.05, 4.69) is 72.1 Å². The van der Waals surface area contributed by atoms with E-state index >= 15 is 0 Å². The number of hydrogen-bond acceptors (Lipinski definition) is 4. The van der Waals surface area contributed by atoms with E-state index < -0.39 is 35.9 Å². The lowest BCUT2D eigenvalue weighted by atomic mass is 10.0. The number of nitrogens with two attached hydrogens (primary N) is 2. The van der Waals surface area contributed by atoms with Gasteiger partial charge < -0.3 is 21.7 Å². The van der Waals surface area contributed by atoms with Crippen molar-refractivity contribution in [2.75, 3.05) is 14.1 Å². The van der Waals surface area contributed by atoms with Gasteiger partial charge in [-0.3, -0.25) is 0 Å². The lowest BCUT2D eigenvalue weighted by Crippen LogP contribution is -2.54. The van der Waals surface area contributed by atoms with Gasteiger partial charge in [-0.25, -0.2) is 0 Å². The van der Waals surface area contributed by atoms with Gasteiger partial charge in [-0.05, 0) is 61.6 Å². The maximum Gasteiger partial charge on any atom is 0.425 e. The second-order valence-corrected chi connectivity index (χ2v) is 7.68. The number of alkyl halides is 12. The number of hydrogen-bond donors (Lipinski definition) is 4. The van der Waals surface area contributed by atoms with Crippen molar-refractivity contribution in [3.8, 4) is 0 Å². The first-order chi connectivity index (χ1) is 17.9. The zero-order valence-electron chi connectivity index (χ0n) is 21.4. The highest BCUT2D eigenvalue weighted by molar-refractivity contribution is 5.98. The Labute approximate surface area is 221 Å². The number of aliphatic hydroxyl groups is 2. The van der Waals surface area contributed by atoms with Crippen molar-refractivity contribution < 1.29 is 62.9 Å². The van der Waals surface area contributed by atoms with Crippen molar-refractivity contribution in [1.29, 1.82) is 0 Å². The average molecular weight is 604 g/mol. The molecule has 3 aromatic rings. The maximum absolute atomic E-state index is 11.4. The summed E-state index contributed by atoms with van der Waals surface area (Å²) in [6, 6.07) is 21.4. The molecule has 0 aliphatic rings. The number of rotatable bonds is 0. The summed E-state index contributed by atoms with van der Waals surface area (Å²) in [6.45, 7) is -0.681. The molecule has 0 aliphatic heterocycles. The first-order valence-corrected chi connectivity index (χ1v) is 10.7. The minimum absolute atomic E-state index is 0.340. The number of fused-ring (bicyclic) bond motifs is 2. The second kappa shape index (κ2) is 14.7. The third-order valence-electron chi connectivity index (χ3n) is 4.82. The fourth-order valence-corrected chi connectivity index (χ4v) is 2.20. The van der Waals surface area contributed by atoms with E-state index in [1.54, 1.807) is 0 Å². The van der Waals surface area contributed by atoms with Crippen molar-refractivity contribution in [3.63, 3.8) is 0 Å². The Morgan fingerprint density at radius 1 is 0.425 bits per heavy atom. The lowest BCUT2D eigenvalue weighted by molar-refractivity contribution is -0.361. The van der Waals surface area contributed by atoms with E-state index in [1.165, 1.54) is 35.6 Å². The van der Waals surface area contributed by atoms with Gasteiger partial charge in [-0.1, -0.05) is 48.5 Å². The van der Waals surface area contributed by atoms with Gasteiger partial charge >= 0.3 is 24.7 Å². The predicted molar refractivity (Wildman–Crippen MR) is 127 cm³/mol. The SMILES string of the molecule is CC(O)(C(F)(F)F)C(F)(F)F.CC(O)(C(F)(F)F)C(F)(F)F.CN.CN.c1ccc2cc3ccccc3cc2c1. The Hall–Kier alpha value is -2.82. The quantitative estimate of drug-likeness (QED) is 0.167. The molecule has 0 amide bonds. The van der Waals surface area contributed by atoms with Crippen molar-refractivity contribution in [2.24, 2.45) is 11.5 Å². The molecule has 0 spiro atoms. The van der Waals surface area contributed by atoms with Crippen LogP contribution < -0.4 is 11.5 Å². The molecule has 16 heteroatoms. The van der Waals surface area contributed by atoms with Crippen LogP contribution in [0.2, 0.25) is 0 Å². The smallest absolute Gasteiger partial charge is 0.374 e. The molecule has 3 rings (SSSR count). The summed E-state index contributed by atoms with van der Waals surface area (Å²) in [4.78, 5) is 0. The van der Waals surface area contributed by atoms with Gasteiger partial charge in [-0.2, -0.15) is 52.7 Å². The van der Waals surface area contributed by atoms with Crippen LogP contribution in [-0.4, -0.2) is 60.2 Å². The summed E-state index contributed by atoms with van der Waals surface area (Å²) in [6.07, 6.45) is -22.8. The van der Waals surface area contributed by atoms with E-state index in [4.69, 9.17) is 10.2 Å². The fraction of sp³-hybridized carbons (Fsp3) is 0.417. The topological polar surface area (TPSA) is 92.5 Å². The van der Waals surface area contributed by atoms with Gasteiger partial charge in [0.05, 0.1) is 0 Å². The molecule has 6 N–H and O–H groups in total. The zero-order valence-corrected chi connectivity index (χ0v) is 21.4. The molecule has 0 bridgehead atoms. The molecule has 0 radical (unpaired) electrons. The van der Waals surface area contributed by atoms with Crippen molar-refractivity contribution in [1.82, 2.24) is 0 Å². The second-order valence-electron chi connectivity index (χ2n) is 7.68. The summed E-state index contributed by atoms with van der Waals surface area (Å²) in [5, 5.41) is 21.1. The molecule has 0 saturated carbocycles. The van der Waals surface area contributed by atoms with Crippen LogP contribution in [0.1, 0.15) is 13.8 Å². The maximum atomic E-state index is 11.4. The molecule has 4 nitrogen and oxygen atoms in total. The highest BCUT2D eigenvalue weighted by Gasteiger charge is 2.67. The van der Waals surface area contributed by atoms with Crippen molar-refractivity contribution in [3.05, 3.63) is 60.7 Å². The minimum Gasteiger partial charge on any atom is -0.374 e. The molecule has 40 heavy (non-hydrogen) atoms. The van der Waals surface area contributed by atoms with Crippen molar-refractivity contribution in [2.45, 2.75) is 49.8 Å². The molecule has 0 aliphatic carbocycles. The third-order valence-corrected chi connectivity index (χ3v) is 4.82. The monoisotopic (exact) mass is 604 g/mol. The van der Waals surface area contributed by atoms with Crippen molar-refractivity contribution >= 4 is 21.5 Å². The minimum atomic E-state index is -5.69. The first-order valence-electron chi connectivity index (χ1n) is 10.7. The van der Waals surface area contributed by atoms with Crippen LogP contribution in [-0.2, 0) is 0 Å². The van der Waals surface area contributed by atoms with E-state index in [9.17, 15) is 52.7 Å². The molecule has 3 aromatic carbocycles. The third kappa shape index (κ3) is 10.3. The average Bonchev–Trinajstić information content (AvgIpc) is 2.83. The Morgan fingerprint density at radius 3 is 0.675 bits per heavy atom. The van der Waals surface area contributed by atoms with Gasteiger partial charge in [0, 0.05) is 0 Å². The zero-order chi connectivity index (χ0) is 32.4. The van der Waals surface area contributed by atoms with Gasteiger partial charge in [0.25, 0.3) is 11.2 Å². The molecule has 0 heterocycles. The Balaban J connectivity index is 0. The molecular formula is C24H28F12N2O2. The summed E-state index contributed by atoms with van der Waals surface area (Å²) in [7, 11) is 3.00. The number of benzene rings is 3. The van der Waals surface area contributed by atoms with E-state index in [-0.39, 0.29) is 13.8 Å². The first kappa shape index (κ1) is 39.3. The number of halogens is 12. The van der Waals surface area contributed by atoms with Crippen LogP contribution in [0.5, 0.6) is 0 Å². The Bertz CT molecular complexity index is 980. The van der Waals surface area contributed by atoms with Crippen LogP contribution in [0.15, 0.2) is 60.7 Å². The molecule has 0 fully saturated rings. The van der Waals surface area contributed by atoms with E-state index in [0.717, 1.165) is 0 Å². The summed E-state index contributed by atoms with van der Waals surface area (Å²) >= 11 is 0. The molecule has 0 atom stereocenters. The Morgan fingerprint density at radius 2 is 0.575 bits per heavy atom.